The summed E-state index contributed by atoms with van der Waals surface area (Å²) in [4.78, 5) is 0. The van der Waals surface area contributed by atoms with Gasteiger partial charge in [-0.2, -0.15) is 10.5 Å². The Morgan fingerprint density at radius 3 is 2.27 bits per heavy atom. The van der Waals surface area contributed by atoms with Crippen molar-refractivity contribution in [1.82, 2.24) is 0 Å². The van der Waals surface area contributed by atoms with Gasteiger partial charge in [0.25, 0.3) is 0 Å². The van der Waals surface area contributed by atoms with Crippen LogP contribution in [-0.4, -0.2) is 6.04 Å². The normalized spacial score (nSPS) is 24.9. The fourth-order valence-electron chi connectivity index (χ4n) is 6.17. The molecule has 4 atom stereocenters. The van der Waals surface area contributed by atoms with E-state index in [4.69, 9.17) is 0 Å². The molecule has 2 aliphatic rings. The highest BCUT2D eigenvalue weighted by Crippen LogP contribution is 2.55. The smallest absolute Gasteiger partial charge is 0.147 e. The number of hydrogen-bond donors (Lipinski definition) is 1. The van der Waals surface area contributed by atoms with Crippen LogP contribution in [0.2, 0.25) is 0 Å². The van der Waals surface area contributed by atoms with Gasteiger partial charge in [-0.25, -0.2) is 0 Å². The number of fused-ring (bicyclic) bond motifs is 2. The molecule has 0 amide bonds. The Morgan fingerprint density at radius 2 is 1.61 bits per heavy atom. The second kappa shape index (κ2) is 8.76. The first-order valence-electron chi connectivity index (χ1n) is 12.0. The fraction of sp³-hybridized carbons (Fsp3) is 0.333. The molecule has 3 heteroatoms. The van der Waals surface area contributed by atoms with E-state index < -0.39 is 5.41 Å². The van der Waals surface area contributed by atoms with Crippen LogP contribution in [0.3, 0.4) is 0 Å². The van der Waals surface area contributed by atoms with Gasteiger partial charge in [0.15, 0.2) is 0 Å². The molecule has 1 saturated carbocycles. The van der Waals surface area contributed by atoms with Gasteiger partial charge in [-0.1, -0.05) is 80.1 Å². The minimum atomic E-state index is -0.916. The largest absolute Gasteiger partial charge is 0.382 e. The van der Waals surface area contributed by atoms with Crippen molar-refractivity contribution in [2.45, 2.75) is 44.6 Å². The average molecular weight is 432 g/mol. The number of rotatable bonds is 4. The SMILES string of the molecule is CCC[C@@H]1C[C@@H]2Nc3ccc(-c4ccccc4)cc3[C@H](c3ccccc3)[C@H]2CC1(C#N)C#N. The van der Waals surface area contributed by atoms with Gasteiger partial charge in [0.05, 0.1) is 12.1 Å². The van der Waals surface area contributed by atoms with Crippen LogP contribution in [0.15, 0.2) is 78.9 Å². The average Bonchev–Trinajstić information content (AvgIpc) is 2.88. The van der Waals surface area contributed by atoms with Gasteiger partial charge in [0.2, 0.25) is 0 Å². The number of hydrogen-bond acceptors (Lipinski definition) is 3. The van der Waals surface area contributed by atoms with Crippen molar-refractivity contribution in [3.05, 3.63) is 90.0 Å². The topological polar surface area (TPSA) is 59.6 Å². The molecule has 3 aromatic carbocycles. The fourth-order valence-corrected chi connectivity index (χ4v) is 6.17. The first kappa shape index (κ1) is 21.3. The molecule has 3 aromatic rings. The van der Waals surface area contributed by atoms with Crippen molar-refractivity contribution in [2.75, 3.05) is 5.32 Å². The van der Waals surface area contributed by atoms with Crippen LogP contribution < -0.4 is 5.32 Å². The van der Waals surface area contributed by atoms with Gasteiger partial charge in [-0.3, -0.25) is 0 Å². The lowest BCUT2D eigenvalue weighted by Crippen LogP contribution is -2.49. The van der Waals surface area contributed by atoms with Crippen LogP contribution in [-0.2, 0) is 0 Å². The highest BCUT2D eigenvalue weighted by molar-refractivity contribution is 5.71. The molecule has 1 heterocycles. The molecule has 1 N–H and O–H groups in total. The van der Waals surface area contributed by atoms with E-state index in [2.05, 4.69) is 97.2 Å². The Labute approximate surface area is 196 Å². The minimum Gasteiger partial charge on any atom is -0.382 e. The van der Waals surface area contributed by atoms with Gasteiger partial charge in [-0.05, 0) is 65.5 Å². The van der Waals surface area contributed by atoms with Crippen molar-refractivity contribution in [3.63, 3.8) is 0 Å². The van der Waals surface area contributed by atoms with Crippen LogP contribution in [0.25, 0.3) is 11.1 Å². The standard InChI is InChI=1S/C30H29N3/c1-2-9-24-17-28-26(18-30(24,19-31)20-32)29(22-12-7-4-8-13-22)25-16-23(14-15-27(25)33-28)21-10-5-3-6-11-21/h3-8,10-16,24,26,28-29,33H,2,9,17-18H2,1H3/t24-,26+,28+,29+/m1/s1. The van der Waals surface area contributed by atoms with Crippen LogP contribution >= 0.6 is 0 Å². The third-order valence-electron chi connectivity index (χ3n) is 7.77. The summed E-state index contributed by atoms with van der Waals surface area (Å²) in [7, 11) is 0. The third kappa shape index (κ3) is 3.69. The molecule has 0 aromatic heterocycles. The Bertz CT molecular complexity index is 1190. The first-order valence-corrected chi connectivity index (χ1v) is 12.0. The molecule has 1 aliphatic carbocycles. The highest BCUT2D eigenvalue weighted by atomic mass is 15.0. The van der Waals surface area contributed by atoms with Crippen LogP contribution in [0, 0.1) is 39.9 Å². The van der Waals surface area contributed by atoms with Crippen LogP contribution in [0.5, 0.6) is 0 Å². The van der Waals surface area contributed by atoms with E-state index in [9.17, 15) is 10.5 Å². The van der Waals surface area contributed by atoms with Gasteiger partial charge in [0.1, 0.15) is 5.41 Å². The maximum Gasteiger partial charge on any atom is 0.147 e. The number of nitriles is 2. The van der Waals surface area contributed by atoms with E-state index in [-0.39, 0.29) is 23.8 Å². The summed E-state index contributed by atoms with van der Waals surface area (Å²) in [6, 6.07) is 33.1. The van der Waals surface area contributed by atoms with Gasteiger partial charge in [-0.15, -0.1) is 0 Å². The van der Waals surface area contributed by atoms with E-state index in [1.165, 1.54) is 27.9 Å². The number of benzene rings is 3. The van der Waals surface area contributed by atoms with E-state index in [1.54, 1.807) is 0 Å². The van der Waals surface area contributed by atoms with Crippen molar-refractivity contribution >= 4 is 5.69 Å². The summed E-state index contributed by atoms with van der Waals surface area (Å²) in [5.74, 6) is 0.450. The van der Waals surface area contributed by atoms with E-state index >= 15 is 0 Å². The minimum absolute atomic E-state index is 0.104. The second-order valence-electron chi connectivity index (χ2n) is 9.59. The van der Waals surface area contributed by atoms with Gasteiger partial charge in [0, 0.05) is 17.6 Å². The molecular weight excluding hydrogens is 402 g/mol. The lowest BCUT2D eigenvalue weighted by molar-refractivity contribution is 0.127. The zero-order valence-corrected chi connectivity index (χ0v) is 19.0. The van der Waals surface area contributed by atoms with Crippen molar-refractivity contribution in [3.8, 4) is 23.3 Å². The first-order chi connectivity index (χ1) is 16.2. The Kier molecular flexibility index (Phi) is 5.65. The van der Waals surface area contributed by atoms with E-state index in [0.717, 1.165) is 19.3 Å². The maximum atomic E-state index is 10.2. The zero-order valence-electron chi connectivity index (χ0n) is 19.0. The molecule has 1 fully saturated rings. The maximum absolute atomic E-state index is 10.2. The van der Waals surface area contributed by atoms with Gasteiger partial charge >= 0.3 is 0 Å². The lowest BCUT2D eigenvalue weighted by atomic mass is 9.56. The van der Waals surface area contributed by atoms with Crippen LogP contribution in [0.4, 0.5) is 5.69 Å². The molecule has 33 heavy (non-hydrogen) atoms. The summed E-state index contributed by atoms with van der Waals surface area (Å²) in [5.41, 5.74) is 5.19. The van der Waals surface area contributed by atoms with E-state index in [1.807, 2.05) is 6.07 Å². The molecule has 0 bridgehead atoms. The molecule has 0 unspecified atom stereocenters. The molecule has 5 rings (SSSR count). The predicted molar refractivity (Wildman–Crippen MR) is 132 cm³/mol. The molecular formula is C30H29N3. The number of nitrogens with zero attached hydrogens (tertiary/aromatic N) is 2. The zero-order chi connectivity index (χ0) is 22.8. The Hall–Kier alpha value is -3.56. The second-order valence-corrected chi connectivity index (χ2v) is 9.59. The highest BCUT2D eigenvalue weighted by Gasteiger charge is 2.52. The molecule has 1 aliphatic heterocycles. The van der Waals surface area contributed by atoms with Crippen LogP contribution in [0.1, 0.15) is 49.7 Å². The molecule has 164 valence electrons. The summed E-state index contributed by atoms with van der Waals surface area (Å²) in [6.07, 6.45) is 3.38. The molecule has 0 saturated heterocycles. The molecule has 0 radical (unpaired) electrons. The summed E-state index contributed by atoms with van der Waals surface area (Å²) in [5, 5.41) is 24.2. The molecule has 0 spiro atoms. The van der Waals surface area contributed by atoms with Gasteiger partial charge < -0.3 is 5.32 Å². The Morgan fingerprint density at radius 1 is 0.909 bits per heavy atom. The van der Waals surface area contributed by atoms with Crippen molar-refractivity contribution in [1.29, 1.82) is 10.5 Å². The number of anilines is 1. The van der Waals surface area contributed by atoms with Crippen molar-refractivity contribution < 1.29 is 0 Å². The summed E-state index contributed by atoms with van der Waals surface area (Å²) < 4.78 is 0. The Balaban J connectivity index is 1.64. The molecule has 3 nitrogen and oxygen atoms in total. The third-order valence-corrected chi connectivity index (χ3v) is 7.77. The monoisotopic (exact) mass is 431 g/mol. The summed E-state index contributed by atoms with van der Waals surface area (Å²) in [6.45, 7) is 2.15. The van der Waals surface area contributed by atoms with Crippen molar-refractivity contribution in [2.24, 2.45) is 17.3 Å². The number of nitrogens with one attached hydrogen (secondary N) is 1. The predicted octanol–water partition coefficient (Wildman–Crippen LogP) is 7.14. The quantitative estimate of drug-likeness (QED) is 0.477. The lowest BCUT2D eigenvalue weighted by Gasteiger charge is -2.50. The van der Waals surface area contributed by atoms with E-state index in [0.29, 0.717) is 6.42 Å². The summed E-state index contributed by atoms with van der Waals surface area (Å²) >= 11 is 0.